The number of benzene rings is 1. The molecule has 0 aromatic heterocycles. The highest BCUT2D eigenvalue weighted by molar-refractivity contribution is 5.79. The van der Waals surface area contributed by atoms with E-state index in [-0.39, 0.29) is 26.1 Å². The monoisotopic (exact) mass is 365 g/mol. The number of carbonyl (C=O) groups excluding carboxylic acids is 3. The molecule has 1 aromatic carbocycles. The molecule has 0 bridgehead atoms. The van der Waals surface area contributed by atoms with Crippen molar-refractivity contribution in [2.75, 3.05) is 13.1 Å². The van der Waals surface area contributed by atoms with Crippen LogP contribution in [-0.4, -0.2) is 41.8 Å². The summed E-state index contributed by atoms with van der Waals surface area (Å²) in [6.45, 7) is 7.44. The number of amides is 3. The van der Waals surface area contributed by atoms with E-state index < -0.39 is 23.7 Å². The van der Waals surface area contributed by atoms with Gasteiger partial charge in [0, 0.05) is 19.5 Å². The summed E-state index contributed by atoms with van der Waals surface area (Å²) in [6, 6.07) is 9.27. The average Bonchev–Trinajstić information content (AvgIpc) is 2.57. The summed E-state index contributed by atoms with van der Waals surface area (Å²) in [5, 5.41) is 3.57. The highest BCUT2D eigenvalue weighted by Gasteiger charge is 2.22. The average molecular weight is 365 g/mol. The Morgan fingerprint density at radius 1 is 1.12 bits per heavy atom. The summed E-state index contributed by atoms with van der Waals surface area (Å²) < 4.78 is 10.2. The first-order valence-electron chi connectivity index (χ1n) is 8.46. The van der Waals surface area contributed by atoms with Crippen molar-refractivity contribution in [3.63, 3.8) is 0 Å². The van der Waals surface area contributed by atoms with Crippen LogP contribution in [0.15, 0.2) is 30.3 Å². The quantitative estimate of drug-likeness (QED) is 0.755. The number of rotatable bonds is 6. The van der Waals surface area contributed by atoms with Gasteiger partial charge in [0.2, 0.25) is 5.91 Å². The van der Waals surface area contributed by atoms with Gasteiger partial charge in [-0.1, -0.05) is 30.3 Å². The molecule has 0 unspecified atom stereocenters. The van der Waals surface area contributed by atoms with Crippen molar-refractivity contribution in [2.24, 2.45) is 0 Å². The Hall–Kier alpha value is -2.77. The maximum Gasteiger partial charge on any atom is 0.429 e. The number of hydrogen-bond donors (Lipinski definition) is 2. The van der Waals surface area contributed by atoms with E-state index >= 15 is 0 Å². The van der Waals surface area contributed by atoms with Crippen molar-refractivity contribution in [3.8, 4) is 0 Å². The third-order valence-corrected chi connectivity index (χ3v) is 3.02. The Balaban J connectivity index is 2.28. The van der Waals surface area contributed by atoms with Gasteiger partial charge in [-0.3, -0.25) is 10.2 Å². The standard InChI is InChI=1S/C18H27N3O5/c1-5-21(17(24)26-18(2,3)4)20-15(22)11-12-19-16(23)25-13-14-9-7-6-8-10-14/h6-10H,5,11-13H2,1-4H3,(H,19,23)(H,20,22). The highest BCUT2D eigenvalue weighted by Crippen LogP contribution is 2.08. The molecule has 0 saturated heterocycles. The molecule has 0 aliphatic rings. The number of nitrogens with one attached hydrogen (secondary N) is 2. The van der Waals surface area contributed by atoms with E-state index in [9.17, 15) is 14.4 Å². The molecule has 0 aliphatic carbocycles. The number of ether oxygens (including phenoxy) is 2. The van der Waals surface area contributed by atoms with Crippen molar-refractivity contribution in [1.82, 2.24) is 15.8 Å². The molecule has 26 heavy (non-hydrogen) atoms. The van der Waals surface area contributed by atoms with Gasteiger partial charge in [0.1, 0.15) is 12.2 Å². The van der Waals surface area contributed by atoms with Gasteiger partial charge >= 0.3 is 12.2 Å². The van der Waals surface area contributed by atoms with Gasteiger partial charge in [-0.25, -0.2) is 14.6 Å². The lowest BCUT2D eigenvalue weighted by atomic mass is 10.2. The van der Waals surface area contributed by atoms with E-state index in [1.54, 1.807) is 27.7 Å². The summed E-state index contributed by atoms with van der Waals surface area (Å²) in [5.41, 5.74) is 2.67. The van der Waals surface area contributed by atoms with E-state index in [4.69, 9.17) is 9.47 Å². The van der Waals surface area contributed by atoms with Crippen LogP contribution < -0.4 is 10.7 Å². The first kappa shape index (κ1) is 21.3. The minimum absolute atomic E-state index is 0.000263. The molecule has 0 heterocycles. The van der Waals surface area contributed by atoms with Gasteiger partial charge in [-0.05, 0) is 33.3 Å². The van der Waals surface area contributed by atoms with Crippen LogP contribution in [0.25, 0.3) is 0 Å². The van der Waals surface area contributed by atoms with Crippen LogP contribution in [0.5, 0.6) is 0 Å². The molecule has 8 heteroatoms. The van der Waals surface area contributed by atoms with Gasteiger partial charge in [-0.15, -0.1) is 0 Å². The van der Waals surface area contributed by atoms with Crippen LogP contribution in [0.1, 0.15) is 39.7 Å². The second-order valence-electron chi connectivity index (χ2n) is 6.50. The Morgan fingerprint density at radius 2 is 1.77 bits per heavy atom. The molecule has 2 N–H and O–H groups in total. The summed E-state index contributed by atoms with van der Waals surface area (Å²) >= 11 is 0. The fourth-order valence-corrected chi connectivity index (χ4v) is 1.83. The first-order valence-corrected chi connectivity index (χ1v) is 8.46. The van der Waals surface area contributed by atoms with Crippen molar-refractivity contribution in [3.05, 3.63) is 35.9 Å². The number of hydrazine groups is 1. The largest absolute Gasteiger partial charge is 0.445 e. The predicted molar refractivity (Wildman–Crippen MR) is 96.0 cm³/mol. The lowest BCUT2D eigenvalue weighted by Crippen LogP contribution is -2.48. The first-order chi connectivity index (χ1) is 12.2. The minimum atomic E-state index is -0.653. The Bertz CT molecular complexity index is 599. The molecule has 0 radical (unpaired) electrons. The molecule has 0 atom stereocenters. The van der Waals surface area contributed by atoms with Gasteiger partial charge in [0.25, 0.3) is 0 Å². The van der Waals surface area contributed by atoms with E-state index in [0.717, 1.165) is 10.6 Å². The van der Waals surface area contributed by atoms with Gasteiger partial charge in [0.05, 0.1) is 0 Å². The molecule has 0 fully saturated rings. The SMILES string of the molecule is CCN(NC(=O)CCNC(=O)OCc1ccccc1)C(=O)OC(C)(C)C. The van der Waals surface area contributed by atoms with Crippen molar-refractivity contribution >= 4 is 18.1 Å². The summed E-state index contributed by atoms with van der Waals surface area (Å²) in [7, 11) is 0. The molecule has 0 saturated carbocycles. The summed E-state index contributed by atoms with van der Waals surface area (Å²) in [4.78, 5) is 35.4. The van der Waals surface area contributed by atoms with E-state index in [2.05, 4.69) is 10.7 Å². The molecule has 1 rings (SSSR count). The predicted octanol–water partition coefficient (Wildman–Crippen LogP) is 2.59. The maximum absolute atomic E-state index is 11.9. The van der Waals surface area contributed by atoms with Crippen LogP contribution in [0.3, 0.4) is 0 Å². The van der Waals surface area contributed by atoms with Crippen molar-refractivity contribution in [1.29, 1.82) is 0 Å². The fraction of sp³-hybridized carbons (Fsp3) is 0.500. The second-order valence-corrected chi connectivity index (χ2v) is 6.50. The fourth-order valence-electron chi connectivity index (χ4n) is 1.83. The second kappa shape index (κ2) is 10.3. The normalized spacial score (nSPS) is 10.6. The van der Waals surface area contributed by atoms with Crippen LogP contribution in [0.2, 0.25) is 0 Å². The zero-order valence-electron chi connectivity index (χ0n) is 15.7. The van der Waals surface area contributed by atoms with Crippen LogP contribution >= 0.6 is 0 Å². The number of hydrogen-bond acceptors (Lipinski definition) is 5. The smallest absolute Gasteiger partial charge is 0.429 e. The summed E-state index contributed by atoms with van der Waals surface area (Å²) in [6.07, 6.45) is -1.25. The third-order valence-electron chi connectivity index (χ3n) is 3.02. The minimum Gasteiger partial charge on any atom is -0.445 e. The van der Waals surface area contributed by atoms with Crippen LogP contribution in [0.4, 0.5) is 9.59 Å². The lowest BCUT2D eigenvalue weighted by Gasteiger charge is -2.26. The van der Waals surface area contributed by atoms with Crippen molar-refractivity contribution in [2.45, 2.75) is 46.3 Å². The Labute approximate surface area is 153 Å². The molecule has 8 nitrogen and oxygen atoms in total. The molecule has 144 valence electrons. The topological polar surface area (TPSA) is 97.0 Å². The van der Waals surface area contributed by atoms with Gasteiger partial charge < -0.3 is 14.8 Å². The summed E-state index contributed by atoms with van der Waals surface area (Å²) in [5.74, 6) is -0.416. The van der Waals surface area contributed by atoms with Gasteiger partial charge in [-0.2, -0.15) is 0 Å². The molecule has 3 amide bonds. The van der Waals surface area contributed by atoms with Crippen molar-refractivity contribution < 1.29 is 23.9 Å². The Morgan fingerprint density at radius 3 is 2.35 bits per heavy atom. The molecule has 0 spiro atoms. The maximum atomic E-state index is 11.9. The zero-order chi connectivity index (χ0) is 19.6. The van der Waals surface area contributed by atoms with Crippen LogP contribution in [-0.2, 0) is 20.9 Å². The number of alkyl carbamates (subject to hydrolysis) is 1. The molecular formula is C18H27N3O5. The molecule has 1 aromatic rings. The molecule has 0 aliphatic heterocycles. The van der Waals surface area contributed by atoms with E-state index in [1.807, 2.05) is 30.3 Å². The van der Waals surface area contributed by atoms with E-state index in [1.165, 1.54) is 0 Å². The molecular weight excluding hydrogens is 338 g/mol. The van der Waals surface area contributed by atoms with E-state index in [0.29, 0.717) is 0 Å². The third kappa shape index (κ3) is 8.91. The highest BCUT2D eigenvalue weighted by atomic mass is 16.6. The Kier molecular flexibility index (Phi) is 8.41. The zero-order valence-corrected chi connectivity index (χ0v) is 15.7. The lowest BCUT2D eigenvalue weighted by molar-refractivity contribution is -0.125. The van der Waals surface area contributed by atoms with Crippen LogP contribution in [0, 0.1) is 0 Å². The van der Waals surface area contributed by atoms with Gasteiger partial charge in [0.15, 0.2) is 0 Å². The number of nitrogens with zero attached hydrogens (tertiary/aromatic N) is 1. The number of carbonyl (C=O) groups is 3.